The first-order valence-electron chi connectivity index (χ1n) is 9.75. The molecule has 0 atom stereocenters. The smallest absolute Gasteiger partial charge is 0.255 e. The topological polar surface area (TPSA) is 73.9 Å². The predicted octanol–water partition coefficient (Wildman–Crippen LogP) is 6.39. The van der Waals surface area contributed by atoms with Gasteiger partial charge in [0.05, 0.1) is 26.9 Å². The first-order valence-corrected chi connectivity index (χ1v) is 11.3. The van der Waals surface area contributed by atoms with E-state index in [4.69, 9.17) is 14.2 Å². The molecule has 33 heavy (non-hydrogen) atoms. The Labute approximate surface area is 208 Å². The summed E-state index contributed by atoms with van der Waals surface area (Å²) in [6.45, 7) is 0. The van der Waals surface area contributed by atoms with Crippen molar-refractivity contribution in [3.05, 3.63) is 86.3 Å². The number of ketones is 1. The molecule has 8 heteroatoms. The number of anilines is 1. The van der Waals surface area contributed by atoms with Crippen molar-refractivity contribution in [2.24, 2.45) is 0 Å². The molecule has 0 bridgehead atoms. The summed E-state index contributed by atoms with van der Waals surface area (Å²) in [5.74, 6) is 0.996. The van der Waals surface area contributed by atoms with Crippen molar-refractivity contribution < 1.29 is 23.8 Å². The zero-order chi connectivity index (χ0) is 24.0. The Morgan fingerprint density at radius 1 is 0.848 bits per heavy atom. The van der Waals surface area contributed by atoms with Crippen molar-refractivity contribution >= 4 is 55.3 Å². The molecule has 170 valence electrons. The largest absolute Gasteiger partial charge is 0.496 e. The summed E-state index contributed by atoms with van der Waals surface area (Å²) in [6, 6.07) is 15.5. The van der Waals surface area contributed by atoms with Gasteiger partial charge in [0.15, 0.2) is 5.78 Å². The third-order valence-corrected chi connectivity index (χ3v) is 5.97. The molecule has 6 nitrogen and oxygen atoms in total. The fourth-order valence-electron chi connectivity index (χ4n) is 3.12. The lowest BCUT2D eigenvalue weighted by Gasteiger charge is -2.15. The quantitative estimate of drug-likeness (QED) is 0.249. The van der Waals surface area contributed by atoms with Gasteiger partial charge < -0.3 is 19.5 Å². The summed E-state index contributed by atoms with van der Waals surface area (Å²) in [6.07, 6.45) is 3.05. The maximum Gasteiger partial charge on any atom is 0.255 e. The molecule has 1 N–H and O–H groups in total. The van der Waals surface area contributed by atoms with Crippen LogP contribution in [0.2, 0.25) is 0 Å². The minimum absolute atomic E-state index is 0.246. The number of amides is 1. The molecule has 0 radical (unpaired) electrons. The molecule has 0 aliphatic heterocycles. The van der Waals surface area contributed by atoms with Crippen molar-refractivity contribution in [3.8, 4) is 17.2 Å². The van der Waals surface area contributed by atoms with Gasteiger partial charge in [-0.3, -0.25) is 9.59 Å². The van der Waals surface area contributed by atoms with Gasteiger partial charge in [-0.05, 0) is 58.4 Å². The third kappa shape index (κ3) is 5.83. The molecule has 0 aliphatic rings. The first-order chi connectivity index (χ1) is 15.9. The number of benzene rings is 3. The number of nitrogens with one attached hydrogen (secondary N) is 1. The van der Waals surface area contributed by atoms with E-state index >= 15 is 0 Å². The van der Waals surface area contributed by atoms with Crippen molar-refractivity contribution in [2.45, 2.75) is 0 Å². The van der Waals surface area contributed by atoms with Gasteiger partial charge in [-0.15, -0.1) is 0 Å². The lowest BCUT2D eigenvalue weighted by Crippen LogP contribution is -2.12. The van der Waals surface area contributed by atoms with Crippen LogP contribution in [0.1, 0.15) is 26.3 Å². The lowest BCUT2D eigenvalue weighted by molar-refractivity contribution is 0.102. The molecule has 0 saturated heterocycles. The van der Waals surface area contributed by atoms with E-state index in [-0.39, 0.29) is 11.7 Å². The van der Waals surface area contributed by atoms with Crippen molar-refractivity contribution in [3.63, 3.8) is 0 Å². The number of hydrogen-bond donors (Lipinski definition) is 1. The zero-order valence-electron chi connectivity index (χ0n) is 18.1. The minimum Gasteiger partial charge on any atom is -0.496 e. The number of allylic oxidation sites excluding steroid dienone is 1. The lowest BCUT2D eigenvalue weighted by atomic mass is 10.1. The van der Waals surface area contributed by atoms with Crippen LogP contribution < -0.4 is 19.5 Å². The normalized spacial score (nSPS) is 10.7. The molecule has 0 spiro atoms. The second kappa shape index (κ2) is 11.2. The van der Waals surface area contributed by atoms with Crippen LogP contribution in [0.15, 0.2) is 69.6 Å². The SMILES string of the molecule is COc1cc(OC)c(/C=C/C(=O)c2cccc(NC(=O)c3cccc(Br)c3)c2)c(OC)c1Br. The van der Waals surface area contributed by atoms with E-state index in [1.807, 2.05) is 6.07 Å². The molecule has 0 aromatic heterocycles. The van der Waals surface area contributed by atoms with E-state index in [0.29, 0.717) is 44.1 Å². The van der Waals surface area contributed by atoms with E-state index in [2.05, 4.69) is 37.2 Å². The van der Waals surface area contributed by atoms with E-state index in [0.717, 1.165) is 4.47 Å². The van der Waals surface area contributed by atoms with E-state index in [1.165, 1.54) is 20.3 Å². The minimum atomic E-state index is -0.269. The predicted molar refractivity (Wildman–Crippen MR) is 136 cm³/mol. The Bertz CT molecular complexity index is 1220. The summed E-state index contributed by atoms with van der Waals surface area (Å²) in [5.41, 5.74) is 2.02. The summed E-state index contributed by atoms with van der Waals surface area (Å²) >= 11 is 6.81. The molecule has 3 aromatic rings. The van der Waals surface area contributed by atoms with Gasteiger partial charge >= 0.3 is 0 Å². The standard InChI is InChI=1S/C25H21Br2NO5/c1-31-21-14-22(32-2)23(27)24(33-3)19(21)10-11-20(29)15-6-5-9-18(13-15)28-25(30)16-7-4-8-17(26)12-16/h4-14H,1-3H3,(H,28,30)/b11-10+. The van der Waals surface area contributed by atoms with Crippen LogP contribution in [0.25, 0.3) is 6.08 Å². The Kier molecular flexibility index (Phi) is 8.30. The molecule has 0 heterocycles. The monoisotopic (exact) mass is 573 g/mol. The van der Waals surface area contributed by atoms with Gasteiger partial charge in [0, 0.05) is 27.4 Å². The molecule has 0 aliphatic carbocycles. The Balaban J connectivity index is 1.84. The molecular formula is C25H21Br2NO5. The van der Waals surface area contributed by atoms with Gasteiger partial charge in [0.1, 0.15) is 21.7 Å². The van der Waals surface area contributed by atoms with Gasteiger partial charge in [0.25, 0.3) is 5.91 Å². The molecule has 0 fully saturated rings. The maximum atomic E-state index is 12.9. The third-order valence-electron chi connectivity index (χ3n) is 4.73. The Morgan fingerprint density at radius 3 is 2.21 bits per heavy atom. The van der Waals surface area contributed by atoms with Crippen molar-refractivity contribution in [2.75, 3.05) is 26.6 Å². The zero-order valence-corrected chi connectivity index (χ0v) is 21.3. The average molecular weight is 575 g/mol. The van der Waals surface area contributed by atoms with Crippen LogP contribution in [0.5, 0.6) is 17.2 Å². The highest BCUT2D eigenvalue weighted by Crippen LogP contribution is 2.43. The van der Waals surface area contributed by atoms with Gasteiger partial charge in [-0.2, -0.15) is 0 Å². The highest BCUT2D eigenvalue weighted by atomic mass is 79.9. The van der Waals surface area contributed by atoms with Crippen LogP contribution >= 0.6 is 31.9 Å². The molecule has 0 saturated carbocycles. The van der Waals surface area contributed by atoms with Crippen molar-refractivity contribution in [1.82, 2.24) is 0 Å². The van der Waals surface area contributed by atoms with Crippen molar-refractivity contribution in [1.29, 1.82) is 0 Å². The fourth-order valence-corrected chi connectivity index (χ4v) is 4.17. The number of carbonyl (C=O) groups is 2. The highest BCUT2D eigenvalue weighted by Gasteiger charge is 2.17. The molecule has 0 unspecified atom stereocenters. The van der Waals surface area contributed by atoms with Gasteiger partial charge in [-0.1, -0.05) is 34.1 Å². The van der Waals surface area contributed by atoms with Crippen LogP contribution in [0.4, 0.5) is 5.69 Å². The number of hydrogen-bond acceptors (Lipinski definition) is 5. The first kappa shape index (κ1) is 24.5. The molecule has 3 aromatic carbocycles. The second-order valence-corrected chi connectivity index (χ2v) is 8.49. The molecular weight excluding hydrogens is 554 g/mol. The number of halogens is 2. The second-order valence-electron chi connectivity index (χ2n) is 6.78. The Morgan fingerprint density at radius 2 is 1.55 bits per heavy atom. The van der Waals surface area contributed by atoms with E-state index in [1.54, 1.807) is 61.7 Å². The van der Waals surface area contributed by atoms with E-state index < -0.39 is 0 Å². The number of rotatable bonds is 8. The molecule has 1 amide bonds. The number of carbonyl (C=O) groups excluding carboxylic acids is 2. The van der Waals surface area contributed by atoms with Crippen LogP contribution in [0.3, 0.4) is 0 Å². The maximum absolute atomic E-state index is 12.9. The van der Waals surface area contributed by atoms with Gasteiger partial charge in [0.2, 0.25) is 0 Å². The van der Waals surface area contributed by atoms with Crippen LogP contribution in [0, 0.1) is 0 Å². The van der Waals surface area contributed by atoms with Crippen LogP contribution in [-0.2, 0) is 0 Å². The highest BCUT2D eigenvalue weighted by molar-refractivity contribution is 9.11. The average Bonchev–Trinajstić information content (AvgIpc) is 2.82. The Hall–Kier alpha value is -3.10. The van der Waals surface area contributed by atoms with Gasteiger partial charge in [-0.25, -0.2) is 0 Å². The van der Waals surface area contributed by atoms with Crippen LogP contribution in [-0.4, -0.2) is 33.0 Å². The van der Waals surface area contributed by atoms with E-state index in [9.17, 15) is 9.59 Å². The summed E-state index contributed by atoms with van der Waals surface area (Å²) in [5, 5.41) is 2.81. The summed E-state index contributed by atoms with van der Waals surface area (Å²) in [7, 11) is 4.59. The summed E-state index contributed by atoms with van der Waals surface area (Å²) < 4.78 is 17.7. The number of ether oxygens (including phenoxy) is 3. The summed E-state index contributed by atoms with van der Waals surface area (Å²) in [4.78, 5) is 25.4. The molecule has 3 rings (SSSR count). The number of methoxy groups -OCH3 is 3. The fraction of sp³-hybridized carbons (Fsp3) is 0.120.